The highest BCUT2D eigenvalue weighted by Gasteiger charge is 2.49. The molecule has 2 atom stereocenters. The van der Waals surface area contributed by atoms with E-state index in [1.165, 1.54) is 11.8 Å². The molecule has 1 aromatic carbocycles. The van der Waals surface area contributed by atoms with Crippen LogP contribution in [0.4, 0.5) is 5.69 Å². The molecule has 2 aliphatic rings. The van der Waals surface area contributed by atoms with Gasteiger partial charge in [-0.15, -0.1) is 0 Å². The highest BCUT2D eigenvalue weighted by atomic mass is 32.2. The lowest BCUT2D eigenvalue weighted by Gasteiger charge is -2.25. The van der Waals surface area contributed by atoms with Gasteiger partial charge >= 0.3 is 0 Å². The third kappa shape index (κ3) is 4.52. The summed E-state index contributed by atoms with van der Waals surface area (Å²) in [4.78, 5) is 28.7. The Kier molecular flexibility index (Phi) is 5.62. The van der Waals surface area contributed by atoms with Crippen LogP contribution in [0, 0.1) is 13.8 Å². The molecule has 2 saturated heterocycles. The minimum absolute atomic E-state index is 0.0203. The Labute approximate surface area is 162 Å². The van der Waals surface area contributed by atoms with Crippen molar-refractivity contribution in [3.63, 3.8) is 0 Å². The van der Waals surface area contributed by atoms with Gasteiger partial charge in [-0.05, 0) is 49.9 Å². The molecule has 2 fully saturated rings. The van der Waals surface area contributed by atoms with Crippen LogP contribution in [-0.2, 0) is 19.4 Å². The van der Waals surface area contributed by atoms with Crippen molar-refractivity contribution in [3.8, 4) is 0 Å². The van der Waals surface area contributed by atoms with Crippen LogP contribution < -0.4 is 10.0 Å². The lowest BCUT2D eigenvalue weighted by atomic mass is 10.1. The van der Waals surface area contributed by atoms with Crippen LogP contribution in [0.1, 0.15) is 30.4 Å². The van der Waals surface area contributed by atoms with E-state index in [2.05, 4.69) is 4.99 Å². The van der Waals surface area contributed by atoms with Crippen molar-refractivity contribution in [1.82, 2.24) is 0 Å². The molecule has 0 saturated carbocycles. The quantitative estimate of drug-likeness (QED) is 0.709. The number of carbonyl (C=O) groups is 2. The Morgan fingerprint density at radius 2 is 1.96 bits per heavy atom. The van der Waals surface area contributed by atoms with E-state index in [1.54, 1.807) is 0 Å². The van der Waals surface area contributed by atoms with Crippen LogP contribution >= 0.6 is 11.8 Å². The fourth-order valence-corrected chi connectivity index (χ4v) is 7.22. The summed E-state index contributed by atoms with van der Waals surface area (Å²) in [5, 5.41) is 10.8. The highest BCUT2D eigenvalue weighted by molar-refractivity contribution is 8.16. The van der Waals surface area contributed by atoms with E-state index < -0.39 is 21.7 Å². The number of carboxylic acid groups (broad SMARTS) is 1. The minimum atomic E-state index is -3.11. The highest BCUT2D eigenvalue weighted by Crippen LogP contribution is 2.41. The number of sulfone groups is 1. The molecule has 27 heavy (non-hydrogen) atoms. The third-order valence-corrected chi connectivity index (χ3v) is 8.04. The minimum Gasteiger partial charge on any atom is -0.550 e. The number of hydrogen-bond donors (Lipinski definition) is 0. The van der Waals surface area contributed by atoms with Crippen molar-refractivity contribution in [1.29, 1.82) is 0 Å². The van der Waals surface area contributed by atoms with Crippen molar-refractivity contribution in [2.45, 2.75) is 44.4 Å². The normalized spacial score (nSPS) is 25.0. The molecule has 9 heteroatoms. The third-order valence-electron chi connectivity index (χ3n) is 4.83. The lowest BCUT2D eigenvalue weighted by Crippen LogP contribution is -2.37. The predicted molar refractivity (Wildman–Crippen MR) is 104 cm³/mol. The Balaban J connectivity index is 1.88. The van der Waals surface area contributed by atoms with Gasteiger partial charge in [-0.25, -0.2) is 8.42 Å². The summed E-state index contributed by atoms with van der Waals surface area (Å²) in [6.07, 6.45) is 0.00796. The van der Waals surface area contributed by atoms with Gasteiger partial charge in [0.1, 0.15) is 0 Å². The first-order valence-electron chi connectivity index (χ1n) is 8.71. The summed E-state index contributed by atoms with van der Waals surface area (Å²) in [6, 6.07) is 5.59. The average molecular weight is 410 g/mol. The average Bonchev–Trinajstić information content (AvgIpc) is 3.00. The molecule has 0 unspecified atom stereocenters. The molecule has 0 bridgehead atoms. The van der Waals surface area contributed by atoms with Crippen LogP contribution in [0.15, 0.2) is 23.2 Å². The SMILES string of the molecule is Cc1ccc(N2C(=NC(=O)CCCC(=O)[O-])S[C@H]3CS(=O)(=O)C[C@@H]32)cc1C. The van der Waals surface area contributed by atoms with Gasteiger partial charge < -0.3 is 14.8 Å². The number of carbonyl (C=O) groups excluding carboxylic acids is 2. The van der Waals surface area contributed by atoms with Crippen LogP contribution in [0.5, 0.6) is 0 Å². The predicted octanol–water partition coefficient (Wildman–Crippen LogP) is 0.825. The number of anilines is 1. The van der Waals surface area contributed by atoms with Gasteiger partial charge in [0.05, 0.1) is 17.5 Å². The van der Waals surface area contributed by atoms with Gasteiger partial charge in [0.15, 0.2) is 15.0 Å². The Morgan fingerprint density at radius 3 is 2.63 bits per heavy atom. The number of aliphatic carboxylic acids is 1. The van der Waals surface area contributed by atoms with Gasteiger partial charge in [0, 0.05) is 23.3 Å². The van der Waals surface area contributed by atoms with Crippen LogP contribution in [0.25, 0.3) is 0 Å². The van der Waals surface area contributed by atoms with E-state index in [1.807, 2.05) is 36.9 Å². The molecule has 2 aliphatic heterocycles. The van der Waals surface area contributed by atoms with E-state index >= 15 is 0 Å². The second-order valence-corrected chi connectivity index (χ2v) is 10.3. The molecule has 1 aromatic rings. The van der Waals surface area contributed by atoms with Crippen molar-refractivity contribution >= 4 is 44.3 Å². The number of amidine groups is 1. The van der Waals surface area contributed by atoms with Crippen molar-refractivity contribution in [2.75, 3.05) is 16.4 Å². The van der Waals surface area contributed by atoms with Gasteiger partial charge in [0.2, 0.25) is 5.91 Å². The number of rotatable bonds is 5. The first kappa shape index (κ1) is 19.9. The van der Waals surface area contributed by atoms with Crippen LogP contribution in [-0.4, -0.2) is 48.3 Å². The number of aryl methyl sites for hydroxylation is 2. The van der Waals surface area contributed by atoms with Gasteiger partial charge in [-0.1, -0.05) is 17.8 Å². The lowest BCUT2D eigenvalue weighted by molar-refractivity contribution is -0.305. The monoisotopic (exact) mass is 409 g/mol. The summed E-state index contributed by atoms with van der Waals surface area (Å²) in [5.41, 5.74) is 3.01. The summed E-state index contributed by atoms with van der Waals surface area (Å²) in [7, 11) is -3.11. The molecule has 1 amide bonds. The van der Waals surface area contributed by atoms with E-state index in [0.29, 0.717) is 5.17 Å². The van der Waals surface area contributed by atoms with Gasteiger partial charge in [-0.3, -0.25) is 4.79 Å². The smallest absolute Gasteiger partial charge is 0.248 e. The summed E-state index contributed by atoms with van der Waals surface area (Å²) in [6.45, 7) is 3.98. The van der Waals surface area contributed by atoms with E-state index in [0.717, 1.165) is 16.8 Å². The number of aliphatic imine (C=N–C) groups is 1. The molecule has 2 heterocycles. The first-order valence-corrected chi connectivity index (χ1v) is 11.4. The van der Waals surface area contributed by atoms with Crippen LogP contribution in [0.2, 0.25) is 0 Å². The van der Waals surface area contributed by atoms with Crippen molar-refractivity contribution in [2.24, 2.45) is 4.99 Å². The second-order valence-electron chi connectivity index (χ2n) is 6.95. The van der Waals surface area contributed by atoms with Gasteiger partial charge in [0.25, 0.3) is 0 Å². The fraction of sp³-hybridized carbons (Fsp3) is 0.500. The number of hydrogen-bond acceptors (Lipinski definition) is 6. The Hall–Kier alpha value is -1.87. The first-order chi connectivity index (χ1) is 12.7. The molecule has 0 spiro atoms. The Morgan fingerprint density at radius 1 is 1.22 bits per heavy atom. The maximum Gasteiger partial charge on any atom is 0.248 e. The fourth-order valence-electron chi connectivity index (χ4n) is 3.29. The largest absolute Gasteiger partial charge is 0.550 e. The summed E-state index contributed by atoms with van der Waals surface area (Å²) >= 11 is 1.31. The number of thioether (sulfide) groups is 1. The zero-order chi connectivity index (χ0) is 19.8. The summed E-state index contributed by atoms with van der Waals surface area (Å²) < 4.78 is 24.1. The van der Waals surface area contributed by atoms with E-state index in [-0.39, 0.29) is 42.1 Å². The van der Waals surface area contributed by atoms with Gasteiger partial charge in [-0.2, -0.15) is 4.99 Å². The number of fused-ring (bicyclic) bond motifs is 1. The van der Waals surface area contributed by atoms with Crippen LogP contribution in [0.3, 0.4) is 0 Å². The maximum atomic E-state index is 12.2. The second kappa shape index (κ2) is 7.63. The zero-order valence-corrected chi connectivity index (χ0v) is 16.8. The number of benzene rings is 1. The van der Waals surface area contributed by atoms with E-state index in [9.17, 15) is 23.1 Å². The molecule has 0 aromatic heterocycles. The van der Waals surface area contributed by atoms with Crippen molar-refractivity contribution in [3.05, 3.63) is 29.3 Å². The molecule has 7 nitrogen and oxygen atoms in total. The molecular weight excluding hydrogens is 388 g/mol. The molecule has 146 valence electrons. The number of nitrogens with zero attached hydrogens (tertiary/aromatic N) is 2. The topological polar surface area (TPSA) is 107 Å². The van der Waals surface area contributed by atoms with Crippen molar-refractivity contribution < 1.29 is 23.1 Å². The Bertz CT molecular complexity index is 910. The summed E-state index contributed by atoms with van der Waals surface area (Å²) in [5.74, 6) is -1.49. The number of carboxylic acids is 1. The maximum absolute atomic E-state index is 12.2. The molecule has 0 N–H and O–H groups in total. The zero-order valence-electron chi connectivity index (χ0n) is 15.2. The molecule has 0 aliphatic carbocycles. The molecular formula is C18H21N2O5S2-. The van der Waals surface area contributed by atoms with E-state index in [4.69, 9.17) is 0 Å². The standard InChI is InChI=1S/C18H22N2O5S2/c1-11-6-7-13(8-12(11)2)20-14-9-27(24,25)10-15(14)26-18(20)19-16(21)4-3-5-17(22)23/h6-8,14-15H,3-5,9-10H2,1-2H3,(H,22,23)/p-1/t14-,15-/m0/s1. The molecule has 0 radical (unpaired) electrons. The molecule has 3 rings (SSSR count). The number of amides is 1.